The van der Waals surface area contributed by atoms with Gasteiger partial charge in [-0.3, -0.25) is 4.79 Å². The highest BCUT2D eigenvalue weighted by Gasteiger charge is 2.27. The summed E-state index contributed by atoms with van der Waals surface area (Å²) < 4.78 is 76.5. The highest BCUT2D eigenvalue weighted by molar-refractivity contribution is 7.89. The zero-order chi connectivity index (χ0) is 29.9. The van der Waals surface area contributed by atoms with Gasteiger partial charge in [-0.2, -0.15) is 18.2 Å². The number of hydrogen-bond acceptors (Lipinski definition) is 9. The highest BCUT2D eigenvalue weighted by atomic mass is 32.2. The summed E-state index contributed by atoms with van der Waals surface area (Å²) in [5.74, 6) is -1.89. The number of carbonyl (C=O) groups is 1. The third-order valence-electron chi connectivity index (χ3n) is 5.60. The molecule has 41 heavy (non-hydrogen) atoms. The maximum Gasteiger partial charge on any atom is 0.405 e. The first-order valence-corrected chi connectivity index (χ1v) is 13.4. The van der Waals surface area contributed by atoms with E-state index >= 15 is 0 Å². The molecule has 1 unspecified atom stereocenters. The van der Waals surface area contributed by atoms with Gasteiger partial charge in [0.2, 0.25) is 16.0 Å². The Hall–Kier alpha value is -4.41. The lowest BCUT2D eigenvalue weighted by molar-refractivity contribution is -0.123. The van der Waals surface area contributed by atoms with E-state index in [1.54, 1.807) is 0 Å². The first kappa shape index (κ1) is 29.6. The first-order chi connectivity index (χ1) is 19.2. The van der Waals surface area contributed by atoms with Crippen LogP contribution in [0.25, 0.3) is 22.3 Å². The molecule has 16 heteroatoms. The molecule has 0 radical (unpaired) electrons. The first-order valence-electron chi connectivity index (χ1n) is 11.8. The van der Waals surface area contributed by atoms with Crippen molar-refractivity contribution in [2.45, 2.75) is 30.6 Å². The van der Waals surface area contributed by atoms with E-state index < -0.39 is 40.6 Å². The van der Waals surface area contributed by atoms with Gasteiger partial charge in [0.15, 0.2) is 5.82 Å². The van der Waals surface area contributed by atoms with Crippen molar-refractivity contribution in [3.63, 3.8) is 0 Å². The zero-order valence-electron chi connectivity index (χ0n) is 21.2. The summed E-state index contributed by atoms with van der Waals surface area (Å²) in [4.78, 5) is 24.4. The fourth-order valence-electron chi connectivity index (χ4n) is 3.55. The van der Waals surface area contributed by atoms with Crippen molar-refractivity contribution in [1.29, 1.82) is 0 Å². The van der Waals surface area contributed by atoms with Crippen LogP contribution in [0.15, 0.2) is 59.5 Å². The van der Waals surface area contributed by atoms with Crippen molar-refractivity contribution < 1.29 is 35.9 Å². The number of nitrogens with two attached hydrogens (primary N) is 1. The largest absolute Gasteiger partial charge is 0.405 e. The van der Waals surface area contributed by atoms with Crippen LogP contribution < -0.4 is 21.1 Å². The summed E-state index contributed by atoms with van der Waals surface area (Å²) >= 11 is 0. The van der Waals surface area contributed by atoms with Crippen LogP contribution in [0.1, 0.15) is 12.5 Å². The number of nitrogens with one attached hydrogen (secondary N) is 3. The topological polar surface area (TPSA) is 172 Å². The molecular weight excluding hydrogens is 570 g/mol. The predicted octanol–water partition coefficient (Wildman–Crippen LogP) is 3.38. The molecule has 0 aliphatic heterocycles. The minimum absolute atomic E-state index is 0.0123. The Balaban J connectivity index is 1.64. The number of rotatable bonds is 9. The smallest absolute Gasteiger partial charge is 0.384 e. The number of carbonyl (C=O) groups excluding carboxylic acids is 1. The van der Waals surface area contributed by atoms with Gasteiger partial charge in [-0.25, -0.2) is 27.9 Å². The molecule has 2 aromatic heterocycles. The van der Waals surface area contributed by atoms with Crippen LogP contribution in [0.5, 0.6) is 0 Å². The number of sulfonamides is 1. The number of alkyl halides is 3. The van der Waals surface area contributed by atoms with Crippen LogP contribution in [0.2, 0.25) is 0 Å². The molecule has 0 fully saturated rings. The second-order valence-corrected chi connectivity index (χ2v) is 10.4. The SMILES string of the molecule is CC(O)C(=O)Nc1ccc(-c2ccc3nc(NCc4ccc(S(N)(=O)=O)cc4)nc(NCC(F)(F)F)c3n2)cc1F. The van der Waals surface area contributed by atoms with E-state index in [-0.39, 0.29) is 51.2 Å². The van der Waals surface area contributed by atoms with Crippen LogP contribution in [0.3, 0.4) is 0 Å². The molecule has 0 aliphatic rings. The molecule has 6 N–H and O–H groups in total. The molecule has 1 atom stereocenters. The number of pyridine rings is 1. The van der Waals surface area contributed by atoms with Gasteiger partial charge in [0.1, 0.15) is 24.0 Å². The van der Waals surface area contributed by atoms with Crippen molar-refractivity contribution in [3.05, 3.63) is 66.0 Å². The van der Waals surface area contributed by atoms with E-state index in [1.807, 2.05) is 0 Å². The molecule has 1 amide bonds. The lowest BCUT2D eigenvalue weighted by atomic mass is 10.1. The van der Waals surface area contributed by atoms with Gasteiger partial charge >= 0.3 is 6.18 Å². The van der Waals surface area contributed by atoms with Crippen LogP contribution in [0, 0.1) is 5.82 Å². The summed E-state index contributed by atoms with van der Waals surface area (Å²) in [6, 6.07) is 12.4. The molecule has 216 valence electrons. The van der Waals surface area contributed by atoms with Gasteiger partial charge in [0.25, 0.3) is 5.91 Å². The molecule has 4 aromatic rings. The molecule has 0 saturated carbocycles. The molecule has 0 spiro atoms. The van der Waals surface area contributed by atoms with Crippen molar-refractivity contribution in [1.82, 2.24) is 15.0 Å². The zero-order valence-corrected chi connectivity index (χ0v) is 22.0. The Morgan fingerprint density at radius 2 is 1.73 bits per heavy atom. The van der Waals surface area contributed by atoms with Crippen molar-refractivity contribution in [2.24, 2.45) is 5.14 Å². The molecule has 11 nitrogen and oxygen atoms in total. The van der Waals surface area contributed by atoms with Gasteiger partial charge in [-0.05, 0) is 48.9 Å². The Morgan fingerprint density at radius 1 is 1.02 bits per heavy atom. The van der Waals surface area contributed by atoms with Crippen molar-refractivity contribution in [2.75, 3.05) is 22.5 Å². The summed E-state index contributed by atoms with van der Waals surface area (Å²) in [5, 5.41) is 21.7. The van der Waals surface area contributed by atoms with E-state index in [2.05, 4.69) is 30.9 Å². The number of primary sulfonamides is 1. The fourth-order valence-corrected chi connectivity index (χ4v) is 4.07. The quantitative estimate of drug-likeness (QED) is 0.182. The third-order valence-corrected chi connectivity index (χ3v) is 6.53. The fraction of sp³-hybridized carbons (Fsp3) is 0.200. The Morgan fingerprint density at radius 3 is 2.34 bits per heavy atom. The summed E-state index contributed by atoms with van der Waals surface area (Å²) in [6.45, 7) is -0.0777. The van der Waals surface area contributed by atoms with E-state index in [9.17, 15) is 35.9 Å². The summed E-state index contributed by atoms with van der Waals surface area (Å²) in [6.07, 6.45) is -5.92. The van der Waals surface area contributed by atoms with E-state index in [0.717, 1.165) is 6.07 Å². The number of hydrogen-bond donors (Lipinski definition) is 5. The summed E-state index contributed by atoms with van der Waals surface area (Å²) in [5.41, 5.74) is 1.06. The molecule has 0 saturated heterocycles. The number of aliphatic hydroxyl groups excluding tert-OH is 1. The molecule has 0 aliphatic carbocycles. The van der Waals surface area contributed by atoms with Crippen LogP contribution in [0.4, 0.5) is 35.0 Å². The maximum absolute atomic E-state index is 14.6. The van der Waals surface area contributed by atoms with E-state index in [0.29, 0.717) is 5.56 Å². The molecule has 2 heterocycles. The minimum atomic E-state index is -4.57. The van der Waals surface area contributed by atoms with Crippen LogP contribution in [-0.4, -0.2) is 53.2 Å². The monoisotopic (exact) mass is 593 g/mol. The second kappa shape index (κ2) is 11.6. The normalized spacial score (nSPS) is 12.7. The number of amides is 1. The molecule has 4 rings (SSSR count). The number of aliphatic hydroxyl groups is 1. The lowest BCUT2D eigenvalue weighted by Gasteiger charge is -2.14. The van der Waals surface area contributed by atoms with E-state index in [1.165, 1.54) is 55.5 Å². The number of nitrogens with zero attached hydrogens (tertiary/aromatic N) is 3. The van der Waals surface area contributed by atoms with Gasteiger partial charge < -0.3 is 21.1 Å². The highest BCUT2D eigenvalue weighted by Crippen LogP contribution is 2.28. The Bertz CT molecular complexity index is 1700. The number of benzene rings is 2. The summed E-state index contributed by atoms with van der Waals surface area (Å²) in [7, 11) is -3.87. The molecule has 2 aromatic carbocycles. The number of anilines is 3. The molecule has 0 bridgehead atoms. The lowest BCUT2D eigenvalue weighted by Crippen LogP contribution is -2.24. The van der Waals surface area contributed by atoms with Crippen molar-refractivity contribution >= 4 is 44.4 Å². The third kappa shape index (κ3) is 7.62. The minimum Gasteiger partial charge on any atom is -0.384 e. The van der Waals surface area contributed by atoms with Crippen LogP contribution in [-0.2, 0) is 21.4 Å². The number of halogens is 4. The van der Waals surface area contributed by atoms with Crippen molar-refractivity contribution in [3.8, 4) is 11.3 Å². The average molecular weight is 594 g/mol. The van der Waals surface area contributed by atoms with Gasteiger partial charge in [-0.15, -0.1) is 0 Å². The van der Waals surface area contributed by atoms with Crippen LogP contribution >= 0.6 is 0 Å². The molecular formula is C25H23F4N7O4S. The second-order valence-electron chi connectivity index (χ2n) is 8.83. The van der Waals surface area contributed by atoms with Gasteiger partial charge in [-0.1, -0.05) is 18.2 Å². The maximum atomic E-state index is 14.6. The number of aromatic nitrogens is 3. The van der Waals surface area contributed by atoms with Gasteiger partial charge in [0.05, 0.1) is 21.8 Å². The standard InChI is InChI=1S/C25H23F4N7O4S/c1-13(37)23(38)34-19-7-4-15(10-17(19)26)18-8-9-20-21(33-18)22(32-12-25(27,28)29)36-24(35-20)31-11-14-2-5-16(6-3-14)41(30,39)40/h2-10,13,37H,11-12H2,1H3,(H,34,38)(H2,30,39,40)(H2,31,32,35,36). The Labute approximate surface area is 230 Å². The average Bonchev–Trinajstić information content (AvgIpc) is 2.90. The number of fused-ring (bicyclic) bond motifs is 1. The predicted molar refractivity (Wildman–Crippen MR) is 143 cm³/mol. The van der Waals surface area contributed by atoms with Gasteiger partial charge in [0, 0.05) is 12.1 Å². The Kier molecular flexibility index (Phi) is 8.37. The van der Waals surface area contributed by atoms with E-state index in [4.69, 9.17) is 5.14 Å².